The fourth-order valence-electron chi connectivity index (χ4n) is 2.13. The predicted molar refractivity (Wildman–Crippen MR) is 83.1 cm³/mol. The molecule has 1 N–H and O–H groups in total. The zero-order valence-corrected chi connectivity index (χ0v) is 13.0. The summed E-state index contributed by atoms with van der Waals surface area (Å²) in [6.45, 7) is 2.93. The van der Waals surface area contributed by atoms with Gasteiger partial charge in [0.05, 0.1) is 17.4 Å². The fraction of sp³-hybridized carbons (Fsp3) is 0.188. The van der Waals surface area contributed by atoms with Crippen molar-refractivity contribution < 1.29 is 14.7 Å². The van der Waals surface area contributed by atoms with E-state index in [9.17, 15) is 19.5 Å². The summed E-state index contributed by atoms with van der Waals surface area (Å²) >= 11 is 0. The summed E-state index contributed by atoms with van der Waals surface area (Å²) in [7, 11) is 1.70. The number of hydrogen-bond donors (Lipinski definition) is 1. The molecule has 0 aliphatic heterocycles. The van der Waals surface area contributed by atoms with E-state index in [1.807, 2.05) is 6.07 Å². The first-order valence-corrected chi connectivity index (χ1v) is 6.87. The van der Waals surface area contributed by atoms with Crippen LogP contribution in [0, 0.1) is 6.92 Å². The van der Waals surface area contributed by atoms with Gasteiger partial charge in [-0.2, -0.15) is 0 Å². The van der Waals surface area contributed by atoms with E-state index in [0.717, 1.165) is 6.08 Å². The van der Waals surface area contributed by atoms with Gasteiger partial charge in [-0.25, -0.2) is 4.68 Å². The molecule has 0 bridgehead atoms. The molecule has 2 rings (SSSR count). The number of aliphatic carboxylic acids is 1. The minimum Gasteiger partial charge on any atom is -0.545 e. The van der Waals surface area contributed by atoms with Gasteiger partial charge in [-0.15, -0.1) is 0 Å². The molecule has 0 aliphatic carbocycles. The van der Waals surface area contributed by atoms with E-state index < -0.39 is 17.4 Å². The number of nitrogens with zero attached hydrogens (tertiary/aromatic N) is 2. The quantitative estimate of drug-likeness (QED) is 0.811. The lowest BCUT2D eigenvalue weighted by Crippen LogP contribution is -2.25. The number of benzene rings is 1. The van der Waals surface area contributed by atoms with Gasteiger partial charge in [0.25, 0.3) is 5.56 Å². The number of amides is 1. The number of anilines is 1. The van der Waals surface area contributed by atoms with Crippen LogP contribution >= 0.6 is 0 Å². The summed E-state index contributed by atoms with van der Waals surface area (Å²) in [5.74, 6) is -2.13. The molecule has 1 aromatic carbocycles. The highest BCUT2D eigenvalue weighted by Crippen LogP contribution is 2.14. The first-order valence-electron chi connectivity index (χ1n) is 6.87. The van der Waals surface area contributed by atoms with E-state index in [-0.39, 0.29) is 11.3 Å². The molecule has 0 radical (unpaired) electrons. The number of carbonyl (C=O) groups is 2. The second-order valence-electron chi connectivity index (χ2n) is 5.04. The van der Waals surface area contributed by atoms with E-state index in [4.69, 9.17) is 0 Å². The molecule has 7 heteroatoms. The van der Waals surface area contributed by atoms with Gasteiger partial charge in [-0.05, 0) is 31.6 Å². The largest absolute Gasteiger partial charge is 0.545 e. The molecule has 0 atom stereocenters. The summed E-state index contributed by atoms with van der Waals surface area (Å²) < 4.78 is 3.03. The topological polar surface area (TPSA) is 96.2 Å². The van der Waals surface area contributed by atoms with Crippen LogP contribution in [0.2, 0.25) is 0 Å². The minimum absolute atomic E-state index is 0.101. The molecule has 0 fully saturated rings. The number of para-hydroxylation sites is 1. The third-order valence-corrected chi connectivity index (χ3v) is 3.47. The Morgan fingerprint density at radius 3 is 2.39 bits per heavy atom. The molecule has 1 amide bonds. The highest BCUT2D eigenvalue weighted by atomic mass is 16.4. The molecular formula is C16H16N3O4-. The number of carboxylic acid groups (broad SMARTS) is 1. The van der Waals surface area contributed by atoms with E-state index in [1.165, 1.54) is 11.6 Å². The minimum atomic E-state index is -1.44. The lowest BCUT2D eigenvalue weighted by molar-refractivity contribution is -0.299. The van der Waals surface area contributed by atoms with Crippen LogP contribution in [0.5, 0.6) is 0 Å². The highest BCUT2D eigenvalue weighted by Gasteiger charge is 2.17. The van der Waals surface area contributed by atoms with Gasteiger partial charge >= 0.3 is 0 Å². The van der Waals surface area contributed by atoms with Crippen LogP contribution in [-0.4, -0.2) is 21.2 Å². The van der Waals surface area contributed by atoms with E-state index >= 15 is 0 Å². The zero-order chi connectivity index (χ0) is 17.1. The van der Waals surface area contributed by atoms with Crippen LogP contribution in [0.1, 0.15) is 12.6 Å². The molecule has 0 saturated carbocycles. The number of hydrogen-bond acceptors (Lipinski definition) is 4. The SMILES string of the molecule is C/C(=C\C(=O)Nc1c(C)n(C)n(-c2ccccc2)c1=O)C(=O)[O-]. The van der Waals surface area contributed by atoms with Crippen LogP contribution in [0.3, 0.4) is 0 Å². The van der Waals surface area contributed by atoms with Crippen molar-refractivity contribution in [3.05, 3.63) is 58.0 Å². The Kier molecular flexibility index (Phi) is 4.49. The smallest absolute Gasteiger partial charge is 0.295 e. The average molecular weight is 314 g/mol. The third kappa shape index (κ3) is 3.23. The molecule has 2 aromatic rings. The summed E-state index contributed by atoms with van der Waals surface area (Å²) in [5, 5.41) is 13.1. The Bertz CT molecular complexity index is 844. The number of carboxylic acids is 1. The molecule has 0 aliphatic rings. The lowest BCUT2D eigenvalue weighted by atomic mass is 10.2. The van der Waals surface area contributed by atoms with Crippen molar-refractivity contribution in [2.75, 3.05) is 5.32 Å². The van der Waals surface area contributed by atoms with Crippen molar-refractivity contribution in [2.45, 2.75) is 13.8 Å². The normalized spacial score (nSPS) is 11.3. The maximum absolute atomic E-state index is 12.5. The Morgan fingerprint density at radius 2 is 1.83 bits per heavy atom. The van der Waals surface area contributed by atoms with Crippen LogP contribution in [0.15, 0.2) is 46.8 Å². The van der Waals surface area contributed by atoms with Crippen molar-refractivity contribution in [3.8, 4) is 5.69 Å². The maximum Gasteiger partial charge on any atom is 0.295 e. The van der Waals surface area contributed by atoms with Crippen LogP contribution in [0.4, 0.5) is 5.69 Å². The standard InChI is InChI=1S/C16H17N3O4/c1-10(16(22)23)9-13(20)17-14-11(2)18(3)19(15(14)21)12-7-5-4-6-8-12/h4-9H,1-3H3,(H,17,20)(H,22,23)/p-1/b10-9+. The molecule has 0 unspecified atom stereocenters. The van der Waals surface area contributed by atoms with E-state index in [0.29, 0.717) is 11.4 Å². The lowest BCUT2D eigenvalue weighted by Gasteiger charge is -2.07. The van der Waals surface area contributed by atoms with Gasteiger partial charge in [0.15, 0.2) is 0 Å². The van der Waals surface area contributed by atoms with Crippen LogP contribution in [-0.2, 0) is 16.6 Å². The Labute approximate surface area is 132 Å². The van der Waals surface area contributed by atoms with Crippen molar-refractivity contribution in [3.63, 3.8) is 0 Å². The fourth-order valence-corrected chi connectivity index (χ4v) is 2.13. The third-order valence-electron chi connectivity index (χ3n) is 3.47. The molecule has 120 valence electrons. The average Bonchev–Trinajstić information content (AvgIpc) is 2.72. The molecule has 0 saturated heterocycles. The Morgan fingerprint density at radius 1 is 1.22 bits per heavy atom. The first-order chi connectivity index (χ1) is 10.8. The van der Waals surface area contributed by atoms with E-state index in [1.54, 1.807) is 42.9 Å². The summed E-state index contributed by atoms with van der Waals surface area (Å²) in [4.78, 5) is 35.0. The van der Waals surface area contributed by atoms with Gasteiger partial charge < -0.3 is 15.2 Å². The highest BCUT2D eigenvalue weighted by molar-refractivity contribution is 6.03. The van der Waals surface area contributed by atoms with Crippen molar-refractivity contribution >= 4 is 17.6 Å². The molecule has 1 aromatic heterocycles. The van der Waals surface area contributed by atoms with Crippen molar-refractivity contribution in [2.24, 2.45) is 7.05 Å². The van der Waals surface area contributed by atoms with Gasteiger partial charge in [0.1, 0.15) is 5.69 Å². The molecular weight excluding hydrogens is 298 g/mol. The van der Waals surface area contributed by atoms with Gasteiger partial charge in [0.2, 0.25) is 5.91 Å². The second-order valence-corrected chi connectivity index (χ2v) is 5.04. The summed E-state index contributed by atoms with van der Waals surface area (Å²) in [6, 6.07) is 8.97. The summed E-state index contributed by atoms with van der Waals surface area (Å²) in [6.07, 6.45) is 0.883. The number of nitrogens with one attached hydrogen (secondary N) is 1. The Balaban J connectivity index is 2.43. The maximum atomic E-state index is 12.5. The van der Waals surface area contributed by atoms with Gasteiger partial charge in [0, 0.05) is 13.1 Å². The molecule has 0 spiro atoms. The number of carbonyl (C=O) groups excluding carboxylic acids is 2. The second kappa shape index (κ2) is 6.35. The van der Waals surface area contributed by atoms with Crippen molar-refractivity contribution in [1.82, 2.24) is 9.36 Å². The summed E-state index contributed by atoms with van der Waals surface area (Å²) in [5.41, 5.74) is 0.684. The predicted octanol–water partition coefficient (Wildman–Crippen LogP) is 0.119. The molecule has 7 nitrogen and oxygen atoms in total. The number of rotatable bonds is 4. The van der Waals surface area contributed by atoms with Crippen LogP contribution < -0.4 is 16.0 Å². The van der Waals surface area contributed by atoms with Crippen LogP contribution in [0.25, 0.3) is 5.69 Å². The molecule has 23 heavy (non-hydrogen) atoms. The van der Waals surface area contributed by atoms with E-state index in [2.05, 4.69) is 5.32 Å². The van der Waals surface area contributed by atoms with Crippen molar-refractivity contribution in [1.29, 1.82) is 0 Å². The zero-order valence-electron chi connectivity index (χ0n) is 13.0. The molecule has 1 heterocycles. The van der Waals surface area contributed by atoms with Gasteiger partial charge in [-0.1, -0.05) is 18.2 Å². The Hall–Kier alpha value is -3.09. The number of aromatic nitrogens is 2. The monoisotopic (exact) mass is 314 g/mol. The van der Waals surface area contributed by atoms with Gasteiger partial charge in [-0.3, -0.25) is 14.3 Å². The first kappa shape index (κ1) is 16.3.